The third kappa shape index (κ3) is 5.31. The Hall–Kier alpha value is -2.48. The van der Waals surface area contributed by atoms with Crippen LogP contribution in [0.15, 0.2) is 47.1 Å². The van der Waals surface area contributed by atoms with Crippen LogP contribution >= 0.6 is 15.9 Å². The maximum atomic E-state index is 13.9. The first-order chi connectivity index (χ1) is 11.5. The first-order valence-electron chi connectivity index (χ1n) is 6.95. The largest absolute Gasteiger partial charge is 0.481 e. The van der Waals surface area contributed by atoms with E-state index in [9.17, 15) is 14.0 Å². The number of alkyl carbamates (subject to hydrolysis) is 1. The predicted molar refractivity (Wildman–Crippen MR) is 86.7 cm³/mol. The molecule has 0 unspecified atom stereocenters. The van der Waals surface area contributed by atoms with Crippen molar-refractivity contribution in [2.24, 2.45) is 0 Å². The van der Waals surface area contributed by atoms with E-state index in [-0.39, 0.29) is 12.2 Å². The summed E-state index contributed by atoms with van der Waals surface area (Å²) in [5.74, 6) is -2.05. The summed E-state index contributed by atoms with van der Waals surface area (Å²) in [6.45, 7) is 0.0195. The van der Waals surface area contributed by atoms with Gasteiger partial charge in [-0.3, -0.25) is 4.79 Å². The number of pyridine rings is 1. The Morgan fingerprint density at radius 1 is 1.33 bits per heavy atom. The number of rotatable bonds is 6. The zero-order valence-corrected chi connectivity index (χ0v) is 14.0. The molecule has 2 rings (SSSR count). The van der Waals surface area contributed by atoms with E-state index in [1.54, 1.807) is 24.3 Å². The lowest BCUT2D eigenvalue weighted by Gasteiger charge is -2.17. The summed E-state index contributed by atoms with van der Waals surface area (Å²) in [6.07, 6.45) is -0.107. The topological polar surface area (TPSA) is 88.5 Å². The molecule has 2 aromatic rings. The highest BCUT2D eigenvalue weighted by Crippen LogP contribution is 2.23. The van der Waals surface area contributed by atoms with Gasteiger partial charge in [-0.2, -0.15) is 4.39 Å². The molecule has 1 atom stereocenters. The number of carbonyl (C=O) groups is 2. The van der Waals surface area contributed by atoms with Gasteiger partial charge in [0.2, 0.25) is 5.95 Å². The van der Waals surface area contributed by atoms with Gasteiger partial charge in [-0.15, -0.1) is 0 Å². The van der Waals surface area contributed by atoms with E-state index in [0.717, 1.165) is 5.56 Å². The summed E-state index contributed by atoms with van der Waals surface area (Å²) in [5, 5.41) is 11.3. The molecule has 1 heterocycles. The number of ether oxygens (including phenoxy) is 1. The van der Waals surface area contributed by atoms with E-state index >= 15 is 0 Å². The zero-order valence-electron chi connectivity index (χ0n) is 12.4. The lowest BCUT2D eigenvalue weighted by molar-refractivity contribution is -0.137. The number of aliphatic carboxylic acids is 1. The Kier molecular flexibility index (Phi) is 6.25. The zero-order chi connectivity index (χ0) is 17.5. The van der Waals surface area contributed by atoms with Gasteiger partial charge in [0, 0.05) is 16.2 Å². The average Bonchev–Trinajstić information content (AvgIpc) is 2.55. The second-order valence-corrected chi connectivity index (χ2v) is 5.81. The predicted octanol–water partition coefficient (Wildman–Crippen LogP) is 3.43. The molecular weight excluding hydrogens is 383 g/mol. The van der Waals surface area contributed by atoms with Crippen molar-refractivity contribution >= 4 is 28.0 Å². The van der Waals surface area contributed by atoms with Crippen molar-refractivity contribution in [1.29, 1.82) is 0 Å². The van der Waals surface area contributed by atoms with Gasteiger partial charge in [0.15, 0.2) is 0 Å². The molecule has 0 aliphatic carbocycles. The Balaban J connectivity index is 2.06. The molecule has 6 nitrogen and oxygen atoms in total. The molecule has 8 heteroatoms. The van der Waals surface area contributed by atoms with Gasteiger partial charge >= 0.3 is 12.1 Å². The normalized spacial score (nSPS) is 11.6. The molecule has 0 spiro atoms. The number of hydrogen-bond donors (Lipinski definition) is 2. The number of nitrogens with one attached hydrogen (secondary N) is 1. The molecule has 2 N–H and O–H groups in total. The summed E-state index contributed by atoms with van der Waals surface area (Å²) in [4.78, 5) is 26.4. The van der Waals surface area contributed by atoms with Gasteiger partial charge in [-0.25, -0.2) is 9.78 Å². The molecule has 0 radical (unpaired) electrons. The summed E-state index contributed by atoms with van der Waals surface area (Å²) >= 11 is 3.14. The van der Waals surface area contributed by atoms with E-state index in [0.29, 0.717) is 4.47 Å². The highest BCUT2D eigenvalue weighted by atomic mass is 79.9. The fraction of sp³-hybridized carbons (Fsp3) is 0.188. The number of carboxylic acid groups (broad SMARTS) is 1. The molecule has 0 aliphatic rings. The van der Waals surface area contributed by atoms with Crippen LogP contribution in [0.4, 0.5) is 9.18 Å². The fourth-order valence-electron chi connectivity index (χ4n) is 2.00. The lowest BCUT2D eigenvalue weighted by atomic mass is 10.1. The second kappa shape index (κ2) is 8.39. The Labute approximate surface area is 145 Å². The number of nitrogens with zero attached hydrogens (tertiary/aromatic N) is 1. The first-order valence-corrected chi connectivity index (χ1v) is 7.75. The maximum Gasteiger partial charge on any atom is 0.407 e. The third-order valence-electron chi connectivity index (χ3n) is 3.09. The quantitative estimate of drug-likeness (QED) is 0.730. The Bertz CT molecular complexity index is 727. The molecule has 24 heavy (non-hydrogen) atoms. The van der Waals surface area contributed by atoms with E-state index in [4.69, 9.17) is 9.84 Å². The van der Waals surface area contributed by atoms with E-state index in [2.05, 4.69) is 26.2 Å². The van der Waals surface area contributed by atoms with Crippen molar-refractivity contribution in [3.8, 4) is 0 Å². The number of amides is 1. The summed E-state index contributed by atoms with van der Waals surface area (Å²) in [6, 6.07) is 9.25. The molecule has 0 fully saturated rings. The Morgan fingerprint density at radius 3 is 2.71 bits per heavy atom. The highest BCUT2D eigenvalue weighted by molar-refractivity contribution is 9.10. The average molecular weight is 397 g/mol. The molecule has 0 saturated heterocycles. The van der Waals surface area contributed by atoms with Crippen LogP contribution < -0.4 is 5.32 Å². The smallest absolute Gasteiger partial charge is 0.407 e. The van der Waals surface area contributed by atoms with Crippen LogP contribution in [0.3, 0.4) is 0 Å². The van der Waals surface area contributed by atoms with Gasteiger partial charge in [-0.05, 0) is 27.6 Å². The lowest BCUT2D eigenvalue weighted by Crippen LogP contribution is -2.31. The minimum Gasteiger partial charge on any atom is -0.481 e. The van der Waals surface area contributed by atoms with E-state index < -0.39 is 30.5 Å². The molecule has 0 aliphatic heterocycles. The Morgan fingerprint density at radius 2 is 2.04 bits per heavy atom. The minimum absolute atomic E-state index is 0.0195. The minimum atomic E-state index is -1.19. The SMILES string of the molecule is O=C(O)C[C@H](NC(=O)OCc1ccccc1)c1cc(Br)cnc1F. The number of carboxylic acids is 1. The van der Waals surface area contributed by atoms with Crippen molar-refractivity contribution in [2.75, 3.05) is 0 Å². The summed E-state index contributed by atoms with van der Waals surface area (Å²) in [7, 11) is 0. The van der Waals surface area contributed by atoms with Gasteiger partial charge in [-0.1, -0.05) is 30.3 Å². The van der Waals surface area contributed by atoms with E-state index in [1.165, 1.54) is 12.3 Å². The monoisotopic (exact) mass is 396 g/mol. The molecule has 0 saturated carbocycles. The highest BCUT2D eigenvalue weighted by Gasteiger charge is 2.23. The van der Waals surface area contributed by atoms with Crippen molar-refractivity contribution in [1.82, 2.24) is 10.3 Å². The third-order valence-corrected chi connectivity index (χ3v) is 3.53. The van der Waals surface area contributed by atoms with Crippen LogP contribution in [0.1, 0.15) is 23.6 Å². The van der Waals surface area contributed by atoms with Gasteiger partial charge in [0.25, 0.3) is 0 Å². The van der Waals surface area contributed by atoms with Crippen molar-refractivity contribution < 1.29 is 23.8 Å². The van der Waals surface area contributed by atoms with Crippen LogP contribution in [0.2, 0.25) is 0 Å². The summed E-state index contributed by atoms with van der Waals surface area (Å²) < 4.78 is 19.4. The van der Waals surface area contributed by atoms with Gasteiger partial charge in [0.1, 0.15) is 6.61 Å². The van der Waals surface area contributed by atoms with Crippen molar-refractivity contribution in [3.63, 3.8) is 0 Å². The number of aromatic nitrogens is 1. The van der Waals surface area contributed by atoms with Crippen LogP contribution in [-0.4, -0.2) is 22.2 Å². The molecule has 1 aromatic heterocycles. The van der Waals surface area contributed by atoms with Gasteiger partial charge in [0.05, 0.1) is 12.5 Å². The van der Waals surface area contributed by atoms with Crippen LogP contribution in [0, 0.1) is 5.95 Å². The molecule has 126 valence electrons. The summed E-state index contributed by atoms with van der Waals surface area (Å²) in [5.41, 5.74) is 0.737. The molecule has 0 bridgehead atoms. The fourth-order valence-corrected chi connectivity index (χ4v) is 2.35. The van der Waals surface area contributed by atoms with Gasteiger partial charge < -0.3 is 15.2 Å². The van der Waals surface area contributed by atoms with Crippen molar-refractivity contribution in [3.05, 3.63) is 64.1 Å². The standard InChI is InChI=1S/C16H14BrFN2O4/c17-11-6-12(15(18)19-8-11)13(7-14(21)22)20-16(23)24-9-10-4-2-1-3-5-10/h1-6,8,13H,7,9H2,(H,20,23)(H,21,22)/t13-/m0/s1. The van der Waals surface area contributed by atoms with E-state index in [1.807, 2.05) is 6.07 Å². The first kappa shape index (κ1) is 17.9. The number of carbonyl (C=O) groups excluding carboxylic acids is 1. The van der Waals surface area contributed by atoms with Crippen LogP contribution in [0.5, 0.6) is 0 Å². The number of halogens is 2. The molecular formula is C16H14BrFN2O4. The molecule has 1 aromatic carbocycles. The number of hydrogen-bond acceptors (Lipinski definition) is 4. The second-order valence-electron chi connectivity index (χ2n) is 4.89. The molecule has 1 amide bonds. The van der Waals surface area contributed by atoms with Crippen molar-refractivity contribution in [2.45, 2.75) is 19.1 Å². The number of benzene rings is 1. The maximum absolute atomic E-state index is 13.9. The van der Waals surface area contributed by atoms with Crippen LogP contribution in [0.25, 0.3) is 0 Å². The van der Waals surface area contributed by atoms with Crippen LogP contribution in [-0.2, 0) is 16.1 Å².